The van der Waals surface area contributed by atoms with E-state index < -0.39 is 0 Å². The molecule has 0 unspecified atom stereocenters. The maximum absolute atomic E-state index is 11.9. The summed E-state index contributed by atoms with van der Waals surface area (Å²) in [5.41, 5.74) is 0.837. The van der Waals surface area contributed by atoms with Gasteiger partial charge in [0.2, 0.25) is 5.91 Å². The molecular weight excluding hydrogens is 343 g/mol. The molecule has 1 amide bonds. The minimum atomic E-state index is -0.0407. The number of anilines is 1. The Balaban J connectivity index is 2.52. The number of aliphatic hydroxyl groups is 1. The van der Waals surface area contributed by atoms with Gasteiger partial charge in [-0.05, 0) is 47.7 Å². The van der Waals surface area contributed by atoms with Crippen LogP contribution in [0.3, 0.4) is 0 Å². The van der Waals surface area contributed by atoms with E-state index in [2.05, 4.69) is 34.8 Å². The lowest BCUT2D eigenvalue weighted by Gasteiger charge is -2.20. The van der Waals surface area contributed by atoms with E-state index in [0.717, 1.165) is 22.2 Å². The minimum Gasteiger partial charge on any atom is -0.395 e. The Morgan fingerprint density at radius 1 is 1.39 bits per heavy atom. The van der Waals surface area contributed by atoms with Gasteiger partial charge in [0, 0.05) is 10.1 Å². The number of carbonyl (C=O) groups excluding carboxylic acids is 1. The standard InChI is InChI=1S/C13H19IN2O2/c1-2-7-16(8-9-17)10-13(18)15-12-6-4-3-5-11(12)14/h3-6,17H,2,7-10H2,1H3,(H,15,18). The Labute approximate surface area is 122 Å². The topological polar surface area (TPSA) is 52.6 Å². The summed E-state index contributed by atoms with van der Waals surface area (Å²) in [5, 5.41) is 11.8. The quantitative estimate of drug-likeness (QED) is 0.729. The number of halogens is 1. The lowest BCUT2D eigenvalue weighted by molar-refractivity contribution is -0.117. The van der Waals surface area contributed by atoms with E-state index in [0.29, 0.717) is 13.1 Å². The van der Waals surface area contributed by atoms with E-state index in [1.807, 2.05) is 29.2 Å². The number of aliphatic hydroxyl groups excluding tert-OH is 1. The SMILES string of the molecule is CCCN(CCO)CC(=O)Nc1ccccc1I. The molecule has 5 heteroatoms. The van der Waals surface area contributed by atoms with Crippen molar-refractivity contribution in [3.05, 3.63) is 27.8 Å². The average Bonchev–Trinajstić information content (AvgIpc) is 2.33. The van der Waals surface area contributed by atoms with Gasteiger partial charge in [0.25, 0.3) is 0 Å². The first-order valence-electron chi connectivity index (χ1n) is 6.05. The second kappa shape index (κ2) is 8.44. The lowest BCUT2D eigenvalue weighted by Crippen LogP contribution is -2.35. The molecule has 0 saturated heterocycles. The van der Waals surface area contributed by atoms with Crippen molar-refractivity contribution >= 4 is 34.2 Å². The summed E-state index contributed by atoms with van der Waals surface area (Å²) in [6.07, 6.45) is 0.968. The number of nitrogens with zero attached hydrogens (tertiary/aromatic N) is 1. The van der Waals surface area contributed by atoms with Gasteiger partial charge in [-0.2, -0.15) is 0 Å². The van der Waals surface area contributed by atoms with Crippen LogP contribution in [0.4, 0.5) is 5.69 Å². The lowest BCUT2D eigenvalue weighted by atomic mass is 10.3. The molecule has 0 aliphatic carbocycles. The van der Waals surface area contributed by atoms with Crippen molar-refractivity contribution in [3.8, 4) is 0 Å². The monoisotopic (exact) mass is 362 g/mol. The van der Waals surface area contributed by atoms with Crippen LogP contribution in [0.15, 0.2) is 24.3 Å². The minimum absolute atomic E-state index is 0.0407. The summed E-state index contributed by atoms with van der Waals surface area (Å²) >= 11 is 2.19. The third-order valence-corrected chi connectivity index (χ3v) is 3.41. The molecule has 100 valence electrons. The van der Waals surface area contributed by atoms with Gasteiger partial charge in [-0.25, -0.2) is 0 Å². The molecule has 0 radical (unpaired) electrons. The first-order chi connectivity index (χ1) is 8.67. The molecule has 0 aromatic heterocycles. The number of rotatable bonds is 7. The van der Waals surface area contributed by atoms with Crippen molar-refractivity contribution in [2.75, 3.05) is 31.6 Å². The third-order valence-electron chi connectivity index (χ3n) is 2.47. The number of para-hydroxylation sites is 1. The Kier molecular flexibility index (Phi) is 7.22. The van der Waals surface area contributed by atoms with Gasteiger partial charge in [0.1, 0.15) is 0 Å². The molecule has 0 aliphatic heterocycles. The first kappa shape index (κ1) is 15.4. The maximum Gasteiger partial charge on any atom is 0.238 e. The maximum atomic E-state index is 11.9. The summed E-state index contributed by atoms with van der Waals surface area (Å²) < 4.78 is 1.02. The van der Waals surface area contributed by atoms with Gasteiger partial charge in [0.05, 0.1) is 18.8 Å². The number of carbonyl (C=O) groups is 1. The van der Waals surface area contributed by atoms with Crippen molar-refractivity contribution in [2.24, 2.45) is 0 Å². The van der Waals surface area contributed by atoms with Crippen molar-refractivity contribution in [2.45, 2.75) is 13.3 Å². The summed E-state index contributed by atoms with van der Waals surface area (Å²) in [4.78, 5) is 13.8. The fraction of sp³-hybridized carbons (Fsp3) is 0.462. The van der Waals surface area contributed by atoms with Gasteiger partial charge in [-0.15, -0.1) is 0 Å². The van der Waals surface area contributed by atoms with Gasteiger partial charge in [-0.1, -0.05) is 19.1 Å². The van der Waals surface area contributed by atoms with E-state index in [4.69, 9.17) is 5.11 Å². The van der Waals surface area contributed by atoms with Gasteiger partial charge < -0.3 is 10.4 Å². The van der Waals surface area contributed by atoms with Crippen molar-refractivity contribution < 1.29 is 9.90 Å². The second-order valence-corrected chi connectivity index (χ2v) is 5.19. The fourth-order valence-electron chi connectivity index (χ4n) is 1.68. The fourth-order valence-corrected chi connectivity index (χ4v) is 2.21. The van der Waals surface area contributed by atoms with E-state index in [1.54, 1.807) is 0 Å². The number of nitrogens with one attached hydrogen (secondary N) is 1. The van der Waals surface area contributed by atoms with Crippen LogP contribution in [0.2, 0.25) is 0 Å². The number of hydrogen-bond acceptors (Lipinski definition) is 3. The Morgan fingerprint density at radius 2 is 2.11 bits per heavy atom. The molecule has 0 saturated carbocycles. The van der Waals surface area contributed by atoms with Crippen LogP contribution in [0, 0.1) is 3.57 Å². The van der Waals surface area contributed by atoms with E-state index in [9.17, 15) is 4.79 Å². The van der Waals surface area contributed by atoms with Gasteiger partial charge in [0.15, 0.2) is 0 Å². The molecule has 18 heavy (non-hydrogen) atoms. The highest BCUT2D eigenvalue weighted by molar-refractivity contribution is 14.1. The average molecular weight is 362 g/mol. The molecule has 0 aliphatic rings. The molecule has 1 rings (SSSR count). The zero-order chi connectivity index (χ0) is 13.4. The molecule has 0 atom stereocenters. The van der Waals surface area contributed by atoms with Crippen molar-refractivity contribution in [1.29, 1.82) is 0 Å². The zero-order valence-electron chi connectivity index (χ0n) is 10.5. The highest BCUT2D eigenvalue weighted by atomic mass is 127. The van der Waals surface area contributed by atoms with Crippen LogP contribution in [0.25, 0.3) is 0 Å². The molecule has 1 aromatic rings. The number of benzene rings is 1. The molecular formula is C13H19IN2O2. The van der Waals surface area contributed by atoms with E-state index in [-0.39, 0.29) is 12.5 Å². The van der Waals surface area contributed by atoms with Gasteiger partial charge >= 0.3 is 0 Å². The molecule has 0 fully saturated rings. The smallest absolute Gasteiger partial charge is 0.238 e. The summed E-state index contributed by atoms with van der Waals surface area (Å²) in [6.45, 7) is 3.81. The van der Waals surface area contributed by atoms with Crippen LogP contribution in [-0.2, 0) is 4.79 Å². The molecule has 0 bridgehead atoms. The van der Waals surface area contributed by atoms with Gasteiger partial charge in [-0.3, -0.25) is 9.69 Å². The number of amides is 1. The molecule has 1 aromatic carbocycles. The highest BCUT2D eigenvalue weighted by Crippen LogP contribution is 2.16. The molecule has 0 spiro atoms. The molecule has 4 nitrogen and oxygen atoms in total. The number of hydrogen-bond donors (Lipinski definition) is 2. The summed E-state index contributed by atoms with van der Waals surface area (Å²) in [7, 11) is 0. The zero-order valence-corrected chi connectivity index (χ0v) is 12.7. The van der Waals surface area contributed by atoms with Crippen LogP contribution >= 0.6 is 22.6 Å². The van der Waals surface area contributed by atoms with E-state index in [1.165, 1.54) is 0 Å². The van der Waals surface area contributed by atoms with Crippen LogP contribution < -0.4 is 5.32 Å². The van der Waals surface area contributed by atoms with Crippen LogP contribution in [-0.4, -0.2) is 42.2 Å². The summed E-state index contributed by atoms with van der Waals surface area (Å²) in [6, 6.07) is 7.67. The Bertz CT molecular complexity index is 379. The normalized spacial score (nSPS) is 10.7. The van der Waals surface area contributed by atoms with Crippen molar-refractivity contribution in [3.63, 3.8) is 0 Å². The van der Waals surface area contributed by atoms with E-state index >= 15 is 0 Å². The van der Waals surface area contributed by atoms with Crippen LogP contribution in [0.1, 0.15) is 13.3 Å². The highest BCUT2D eigenvalue weighted by Gasteiger charge is 2.10. The Morgan fingerprint density at radius 3 is 2.72 bits per heavy atom. The predicted octanol–water partition coefficient (Wildman–Crippen LogP) is 1.93. The Hall–Kier alpha value is -0.660. The third kappa shape index (κ3) is 5.32. The van der Waals surface area contributed by atoms with Crippen LogP contribution in [0.5, 0.6) is 0 Å². The first-order valence-corrected chi connectivity index (χ1v) is 7.12. The second-order valence-electron chi connectivity index (χ2n) is 4.03. The summed E-state index contributed by atoms with van der Waals surface area (Å²) in [5.74, 6) is -0.0407. The largest absolute Gasteiger partial charge is 0.395 e. The molecule has 0 heterocycles. The van der Waals surface area contributed by atoms with Crippen molar-refractivity contribution in [1.82, 2.24) is 4.90 Å². The molecule has 2 N–H and O–H groups in total. The predicted molar refractivity (Wildman–Crippen MR) is 81.6 cm³/mol.